The van der Waals surface area contributed by atoms with Crippen LogP contribution in [0.3, 0.4) is 0 Å². The second kappa shape index (κ2) is 5.95. The summed E-state index contributed by atoms with van der Waals surface area (Å²) in [5, 5.41) is 10.2. The second-order valence-electron chi connectivity index (χ2n) is 4.20. The molecule has 3 N–H and O–H groups in total. The van der Waals surface area contributed by atoms with E-state index >= 15 is 0 Å². The van der Waals surface area contributed by atoms with Gasteiger partial charge in [0.1, 0.15) is 5.82 Å². The summed E-state index contributed by atoms with van der Waals surface area (Å²) in [7, 11) is 0. The monoisotopic (exact) mass is 256 g/mol. The van der Waals surface area contributed by atoms with Gasteiger partial charge in [-0.05, 0) is 29.7 Å². The van der Waals surface area contributed by atoms with Crippen LogP contribution in [0.1, 0.15) is 28.5 Å². The molecule has 5 nitrogen and oxygen atoms in total. The first kappa shape index (κ1) is 13.0. The molecular weight excluding hydrogens is 240 g/mol. The molecule has 0 unspecified atom stereocenters. The number of rotatable bonds is 4. The Bertz CT molecular complexity index is 549. The molecule has 2 aromatic rings. The van der Waals surface area contributed by atoms with Gasteiger partial charge in [0, 0.05) is 6.54 Å². The minimum absolute atomic E-state index is 0.257. The van der Waals surface area contributed by atoms with Crippen LogP contribution < -0.4 is 11.1 Å². The van der Waals surface area contributed by atoms with Crippen LogP contribution in [0, 0.1) is 0 Å². The molecule has 0 fully saturated rings. The molecule has 1 amide bonds. The molecule has 1 aromatic heterocycles. The van der Waals surface area contributed by atoms with Crippen LogP contribution in [-0.4, -0.2) is 16.1 Å². The van der Waals surface area contributed by atoms with Gasteiger partial charge in [0.2, 0.25) is 0 Å². The Morgan fingerprint density at radius 3 is 2.37 bits per heavy atom. The van der Waals surface area contributed by atoms with Crippen molar-refractivity contribution >= 4 is 11.7 Å². The van der Waals surface area contributed by atoms with Crippen LogP contribution >= 0.6 is 0 Å². The van der Waals surface area contributed by atoms with Crippen molar-refractivity contribution in [3.8, 4) is 0 Å². The van der Waals surface area contributed by atoms with E-state index in [9.17, 15) is 4.79 Å². The van der Waals surface area contributed by atoms with Crippen LogP contribution in [-0.2, 0) is 13.0 Å². The number of amides is 1. The topological polar surface area (TPSA) is 80.9 Å². The molecule has 19 heavy (non-hydrogen) atoms. The quantitative estimate of drug-likeness (QED) is 0.869. The smallest absolute Gasteiger partial charge is 0.272 e. The highest BCUT2D eigenvalue weighted by Crippen LogP contribution is 2.05. The summed E-state index contributed by atoms with van der Waals surface area (Å²) < 4.78 is 0. The minimum atomic E-state index is -0.257. The van der Waals surface area contributed by atoms with Crippen molar-refractivity contribution in [1.29, 1.82) is 0 Å². The molecule has 5 heteroatoms. The maximum atomic E-state index is 11.8. The van der Waals surface area contributed by atoms with Crippen molar-refractivity contribution in [3.05, 3.63) is 53.2 Å². The maximum absolute atomic E-state index is 11.8. The first-order chi connectivity index (χ1) is 9.19. The maximum Gasteiger partial charge on any atom is 0.272 e. The van der Waals surface area contributed by atoms with Gasteiger partial charge in [-0.3, -0.25) is 4.79 Å². The number of carbonyl (C=O) groups is 1. The van der Waals surface area contributed by atoms with E-state index in [4.69, 9.17) is 5.73 Å². The third-order valence-electron chi connectivity index (χ3n) is 2.80. The first-order valence-corrected chi connectivity index (χ1v) is 6.14. The van der Waals surface area contributed by atoms with E-state index in [0.29, 0.717) is 12.4 Å². The Morgan fingerprint density at radius 1 is 1.11 bits per heavy atom. The molecule has 1 aromatic carbocycles. The molecule has 0 radical (unpaired) electrons. The van der Waals surface area contributed by atoms with Gasteiger partial charge in [0.15, 0.2) is 5.69 Å². The normalized spacial score (nSPS) is 10.2. The third-order valence-corrected chi connectivity index (χ3v) is 2.80. The zero-order valence-corrected chi connectivity index (χ0v) is 10.8. The summed E-state index contributed by atoms with van der Waals surface area (Å²) in [6, 6.07) is 11.2. The number of aryl methyl sites for hydroxylation is 1. The molecule has 0 aliphatic carbocycles. The number of nitrogens with two attached hydrogens (primary N) is 1. The van der Waals surface area contributed by atoms with Gasteiger partial charge in [0.25, 0.3) is 5.91 Å². The van der Waals surface area contributed by atoms with Gasteiger partial charge >= 0.3 is 0 Å². The zero-order valence-electron chi connectivity index (χ0n) is 10.8. The van der Waals surface area contributed by atoms with Crippen molar-refractivity contribution in [1.82, 2.24) is 15.5 Å². The highest BCUT2D eigenvalue weighted by Gasteiger charge is 2.07. The number of hydrogen-bond acceptors (Lipinski definition) is 4. The molecule has 98 valence electrons. The highest BCUT2D eigenvalue weighted by molar-refractivity contribution is 5.92. The fourth-order valence-electron chi connectivity index (χ4n) is 1.63. The van der Waals surface area contributed by atoms with Crippen molar-refractivity contribution in [2.24, 2.45) is 0 Å². The summed E-state index contributed by atoms with van der Waals surface area (Å²) in [5.41, 5.74) is 8.00. The van der Waals surface area contributed by atoms with Crippen molar-refractivity contribution in [2.45, 2.75) is 19.9 Å². The average molecular weight is 256 g/mol. The summed E-state index contributed by atoms with van der Waals surface area (Å²) in [6.45, 7) is 2.57. The Hall–Kier alpha value is -2.43. The number of hydrogen-bond donors (Lipinski definition) is 2. The van der Waals surface area contributed by atoms with Gasteiger partial charge in [0.05, 0.1) is 0 Å². The summed E-state index contributed by atoms with van der Waals surface area (Å²) in [4.78, 5) is 11.8. The van der Waals surface area contributed by atoms with Gasteiger partial charge in [-0.2, -0.15) is 0 Å². The molecule has 0 saturated carbocycles. The Kier molecular flexibility index (Phi) is 4.07. The molecule has 0 atom stereocenters. The van der Waals surface area contributed by atoms with Gasteiger partial charge < -0.3 is 11.1 Å². The number of nitrogen functional groups attached to an aromatic ring is 1. The summed E-state index contributed by atoms with van der Waals surface area (Å²) in [6.07, 6.45) is 1.01. The molecule has 2 rings (SSSR count). The lowest BCUT2D eigenvalue weighted by Crippen LogP contribution is -2.24. The van der Waals surface area contributed by atoms with E-state index in [1.54, 1.807) is 12.1 Å². The van der Waals surface area contributed by atoms with E-state index in [1.807, 2.05) is 12.1 Å². The molecule has 0 saturated heterocycles. The predicted molar refractivity (Wildman–Crippen MR) is 73.4 cm³/mol. The number of benzene rings is 1. The molecule has 0 aliphatic heterocycles. The zero-order chi connectivity index (χ0) is 13.7. The molecule has 0 aliphatic rings. The van der Waals surface area contributed by atoms with E-state index in [0.717, 1.165) is 12.0 Å². The lowest BCUT2D eigenvalue weighted by atomic mass is 10.1. The van der Waals surface area contributed by atoms with Crippen LogP contribution in [0.2, 0.25) is 0 Å². The lowest BCUT2D eigenvalue weighted by molar-refractivity contribution is 0.0945. The van der Waals surface area contributed by atoms with Crippen LogP contribution in [0.4, 0.5) is 5.82 Å². The van der Waals surface area contributed by atoms with E-state index in [-0.39, 0.29) is 11.6 Å². The van der Waals surface area contributed by atoms with Crippen molar-refractivity contribution in [2.75, 3.05) is 5.73 Å². The number of anilines is 1. The summed E-state index contributed by atoms with van der Waals surface area (Å²) in [5.74, 6) is 0.0405. The van der Waals surface area contributed by atoms with E-state index < -0.39 is 0 Å². The summed E-state index contributed by atoms with van der Waals surface area (Å²) >= 11 is 0. The van der Waals surface area contributed by atoms with Crippen molar-refractivity contribution < 1.29 is 4.79 Å². The van der Waals surface area contributed by atoms with Crippen LogP contribution in [0.15, 0.2) is 36.4 Å². The van der Waals surface area contributed by atoms with Crippen LogP contribution in [0.5, 0.6) is 0 Å². The Morgan fingerprint density at radius 2 is 1.79 bits per heavy atom. The van der Waals surface area contributed by atoms with Gasteiger partial charge in [-0.25, -0.2) is 0 Å². The largest absolute Gasteiger partial charge is 0.382 e. The lowest BCUT2D eigenvalue weighted by Gasteiger charge is -2.05. The van der Waals surface area contributed by atoms with E-state index in [1.165, 1.54) is 5.56 Å². The fourth-order valence-corrected chi connectivity index (χ4v) is 1.63. The highest BCUT2D eigenvalue weighted by atomic mass is 16.1. The first-order valence-electron chi connectivity index (χ1n) is 6.14. The molecule has 0 bridgehead atoms. The predicted octanol–water partition coefficient (Wildman–Crippen LogP) is 1.55. The number of nitrogens with zero attached hydrogens (tertiary/aromatic N) is 2. The fraction of sp³-hybridized carbons (Fsp3) is 0.214. The van der Waals surface area contributed by atoms with Crippen molar-refractivity contribution in [3.63, 3.8) is 0 Å². The SMILES string of the molecule is CCc1ccc(CNC(=O)c2ccc(N)nn2)cc1. The van der Waals surface area contributed by atoms with Gasteiger partial charge in [-0.15, -0.1) is 10.2 Å². The number of carbonyl (C=O) groups excluding carboxylic acids is 1. The average Bonchev–Trinajstić information content (AvgIpc) is 2.46. The number of aromatic nitrogens is 2. The second-order valence-corrected chi connectivity index (χ2v) is 4.20. The third kappa shape index (κ3) is 3.51. The minimum Gasteiger partial charge on any atom is -0.382 e. The number of nitrogens with one attached hydrogen (secondary N) is 1. The van der Waals surface area contributed by atoms with E-state index in [2.05, 4.69) is 34.6 Å². The molecule has 0 spiro atoms. The Labute approximate surface area is 111 Å². The Balaban J connectivity index is 1.94. The molecular formula is C14H16N4O. The van der Waals surface area contributed by atoms with Gasteiger partial charge in [-0.1, -0.05) is 31.2 Å². The molecule has 1 heterocycles. The van der Waals surface area contributed by atoms with Crippen LogP contribution in [0.25, 0.3) is 0 Å². The standard InChI is InChI=1S/C14H16N4O/c1-2-10-3-5-11(6-4-10)9-16-14(19)12-7-8-13(15)18-17-12/h3-8H,2,9H2,1H3,(H2,15,18)(H,16,19).